The number of hydrogen-bond acceptors (Lipinski definition) is 5. The standard InChI is InChI=1S/C22H24ClNO5S/c1-28-20-9-5-17(13-21(20)29-2)14-24(19-11-12-30(26,27)15-19)22(25)10-6-16-3-7-18(23)8-4-16/h3-10,13,19H,11-12,14-15H2,1-2H3. The second kappa shape index (κ2) is 9.53. The summed E-state index contributed by atoms with van der Waals surface area (Å²) in [5.74, 6) is 0.958. The van der Waals surface area contributed by atoms with Crippen LogP contribution in [-0.4, -0.2) is 51.0 Å². The first-order valence-electron chi connectivity index (χ1n) is 9.47. The van der Waals surface area contributed by atoms with Crippen LogP contribution in [0.5, 0.6) is 11.5 Å². The van der Waals surface area contributed by atoms with Gasteiger partial charge in [-0.05, 0) is 47.9 Å². The number of halogens is 1. The number of ether oxygens (including phenoxy) is 2. The highest BCUT2D eigenvalue weighted by molar-refractivity contribution is 7.91. The first-order chi connectivity index (χ1) is 14.3. The van der Waals surface area contributed by atoms with E-state index in [4.69, 9.17) is 21.1 Å². The lowest BCUT2D eigenvalue weighted by atomic mass is 10.1. The molecule has 1 heterocycles. The predicted molar refractivity (Wildman–Crippen MR) is 118 cm³/mol. The zero-order valence-corrected chi connectivity index (χ0v) is 18.4. The highest BCUT2D eigenvalue weighted by Crippen LogP contribution is 2.29. The average molecular weight is 450 g/mol. The van der Waals surface area contributed by atoms with E-state index in [1.807, 2.05) is 18.2 Å². The van der Waals surface area contributed by atoms with Crippen LogP contribution in [0.1, 0.15) is 17.5 Å². The minimum atomic E-state index is -3.14. The Balaban J connectivity index is 1.85. The highest BCUT2D eigenvalue weighted by atomic mass is 35.5. The van der Waals surface area contributed by atoms with Crippen LogP contribution in [0, 0.1) is 0 Å². The molecule has 2 aromatic rings. The molecule has 0 spiro atoms. The van der Waals surface area contributed by atoms with Crippen molar-refractivity contribution in [2.75, 3.05) is 25.7 Å². The first-order valence-corrected chi connectivity index (χ1v) is 11.7. The Morgan fingerprint density at radius 1 is 1.13 bits per heavy atom. The van der Waals surface area contributed by atoms with Crippen LogP contribution in [0.3, 0.4) is 0 Å². The number of sulfone groups is 1. The van der Waals surface area contributed by atoms with E-state index >= 15 is 0 Å². The lowest BCUT2D eigenvalue weighted by molar-refractivity contribution is -0.128. The summed E-state index contributed by atoms with van der Waals surface area (Å²) in [4.78, 5) is 14.6. The van der Waals surface area contributed by atoms with Gasteiger partial charge >= 0.3 is 0 Å². The van der Waals surface area contributed by atoms with Crippen molar-refractivity contribution < 1.29 is 22.7 Å². The molecule has 160 valence electrons. The van der Waals surface area contributed by atoms with Gasteiger partial charge in [-0.2, -0.15) is 0 Å². The maximum atomic E-state index is 13.0. The number of rotatable bonds is 7. The average Bonchev–Trinajstić information content (AvgIpc) is 3.10. The normalized spacial score (nSPS) is 17.8. The van der Waals surface area contributed by atoms with Gasteiger partial charge in [0.2, 0.25) is 5.91 Å². The second-order valence-electron chi connectivity index (χ2n) is 7.10. The van der Waals surface area contributed by atoms with Crippen molar-refractivity contribution in [2.24, 2.45) is 0 Å². The van der Waals surface area contributed by atoms with Gasteiger partial charge in [0, 0.05) is 23.7 Å². The van der Waals surface area contributed by atoms with Crippen molar-refractivity contribution >= 4 is 33.4 Å². The van der Waals surface area contributed by atoms with Gasteiger partial charge in [-0.15, -0.1) is 0 Å². The van der Waals surface area contributed by atoms with E-state index in [-0.39, 0.29) is 30.0 Å². The smallest absolute Gasteiger partial charge is 0.247 e. The monoisotopic (exact) mass is 449 g/mol. The molecule has 1 aliphatic rings. The van der Waals surface area contributed by atoms with Crippen LogP contribution >= 0.6 is 11.6 Å². The maximum Gasteiger partial charge on any atom is 0.247 e. The highest BCUT2D eigenvalue weighted by Gasteiger charge is 2.34. The lowest BCUT2D eigenvalue weighted by Crippen LogP contribution is -2.39. The quantitative estimate of drug-likeness (QED) is 0.604. The molecular formula is C22H24ClNO5S. The molecule has 6 nitrogen and oxygen atoms in total. The fourth-order valence-electron chi connectivity index (χ4n) is 3.42. The number of hydrogen-bond donors (Lipinski definition) is 0. The fourth-order valence-corrected chi connectivity index (χ4v) is 5.28. The van der Waals surface area contributed by atoms with Crippen LogP contribution in [-0.2, 0) is 21.2 Å². The van der Waals surface area contributed by atoms with Gasteiger partial charge in [-0.25, -0.2) is 8.42 Å². The molecule has 1 atom stereocenters. The van der Waals surface area contributed by atoms with Crippen LogP contribution in [0.2, 0.25) is 5.02 Å². The Bertz CT molecular complexity index is 1030. The molecule has 1 amide bonds. The fraction of sp³-hybridized carbons (Fsp3) is 0.318. The van der Waals surface area contributed by atoms with Gasteiger partial charge < -0.3 is 14.4 Å². The molecular weight excluding hydrogens is 426 g/mol. The molecule has 0 aliphatic carbocycles. The number of carbonyl (C=O) groups is 1. The zero-order chi connectivity index (χ0) is 21.7. The van der Waals surface area contributed by atoms with E-state index in [0.717, 1.165) is 11.1 Å². The molecule has 3 rings (SSSR count). The summed E-state index contributed by atoms with van der Waals surface area (Å²) in [7, 11) is -0.0405. The summed E-state index contributed by atoms with van der Waals surface area (Å²) in [6.45, 7) is 0.268. The number of carbonyl (C=O) groups excluding carboxylic acids is 1. The number of nitrogens with zero attached hydrogens (tertiary/aromatic N) is 1. The molecule has 1 saturated heterocycles. The molecule has 0 aromatic heterocycles. The van der Waals surface area contributed by atoms with Gasteiger partial charge in [-0.1, -0.05) is 29.8 Å². The third-order valence-electron chi connectivity index (χ3n) is 5.02. The number of methoxy groups -OCH3 is 2. The molecule has 0 N–H and O–H groups in total. The third kappa shape index (κ3) is 5.55. The maximum absolute atomic E-state index is 13.0. The largest absolute Gasteiger partial charge is 0.493 e. The molecule has 0 bridgehead atoms. The molecule has 0 radical (unpaired) electrons. The molecule has 1 unspecified atom stereocenters. The van der Waals surface area contributed by atoms with Crippen molar-refractivity contribution in [1.29, 1.82) is 0 Å². The Labute approximate surface area is 182 Å². The topological polar surface area (TPSA) is 72.9 Å². The zero-order valence-electron chi connectivity index (χ0n) is 16.9. The van der Waals surface area contributed by atoms with Gasteiger partial charge in [0.15, 0.2) is 21.3 Å². The van der Waals surface area contributed by atoms with Crippen molar-refractivity contribution in [1.82, 2.24) is 4.90 Å². The predicted octanol–water partition coefficient (Wildman–Crippen LogP) is 3.59. The van der Waals surface area contributed by atoms with E-state index in [2.05, 4.69) is 0 Å². The van der Waals surface area contributed by atoms with E-state index in [9.17, 15) is 13.2 Å². The Hall–Kier alpha value is -2.51. The number of amides is 1. The second-order valence-corrected chi connectivity index (χ2v) is 9.76. The summed E-state index contributed by atoms with van der Waals surface area (Å²) in [5, 5.41) is 0.615. The van der Waals surface area contributed by atoms with Crippen LogP contribution in [0.15, 0.2) is 48.5 Å². The van der Waals surface area contributed by atoms with Gasteiger partial charge in [0.25, 0.3) is 0 Å². The third-order valence-corrected chi connectivity index (χ3v) is 7.02. The van der Waals surface area contributed by atoms with Gasteiger partial charge in [-0.3, -0.25) is 4.79 Å². The lowest BCUT2D eigenvalue weighted by Gasteiger charge is -2.27. The molecule has 8 heteroatoms. The summed E-state index contributed by atoms with van der Waals surface area (Å²) in [6, 6.07) is 12.2. The van der Waals surface area contributed by atoms with E-state index in [1.165, 1.54) is 6.08 Å². The minimum Gasteiger partial charge on any atom is -0.493 e. The van der Waals surface area contributed by atoms with Crippen molar-refractivity contribution in [3.05, 3.63) is 64.7 Å². The molecule has 2 aromatic carbocycles. The van der Waals surface area contributed by atoms with Crippen LogP contribution in [0.25, 0.3) is 6.08 Å². The van der Waals surface area contributed by atoms with Gasteiger partial charge in [0.1, 0.15) is 0 Å². The molecule has 1 fully saturated rings. The van der Waals surface area contributed by atoms with Crippen molar-refractivity contribution in [2.45, 2.75) is 19.0 Å². The minimum absolute atomic E-state index is 0.0270. The molecule has 1 aliphatic heterocycles. The molecule has 30 heavy (non-hydrogen) atoms. The van der Waals surface area contributed by atoms with Crippen LogP contribution in [0.4, 0.5) is 0 Å². The summed E-state index contributed by atoms with van der Waals surface area (Å²) in [5.41, 5.74) is 1.66. The Morgan fingerprint density at radius 3 is 2.43 bits per heavy atom. The SMILES string of the molecule is COc1ccc(CN(C(=O)C=Cc2ccc(Cl)cc2)C2CCS(=O)(=O)C2)cc1OC. The first kappa shape index (κ1) is 22.2. The summed E-state index contributed by atoms with van der Waals surface area (Å²) >= 11 is 5.90. The van der Waals surface area contributed by atoms with Gasteiger partial charge in [0.05, 0.1) is 25.7 Å². The number of benzene rings is 2. The Kier molecular flexibility index (Phi) is 7.05. The van der Waals surface area contributed by atoms with E-state index in [0.29, 0.717) is 22.9 Å². The van der Waals surface area contributed by atoms with E-state index < -0.39 is 9.84 Å². The molecule has 0 saturated carbocycles. The van der Waals surface area contributed by atoms with E-state index in [1.54, 1.807) is 49.5 Å². The Morgan fingerprint density at radius 2 is 1.83 bits per heavy atom. The van der Waals surface area contributed by atoms with Crippen LogP contribution < -0.4 is 9.47 Å². The summed E-state index contributed by atoms with van der Waals surface area (Å²) in [6.07, 6.45) is 3.59. The summed E-state index contributed by atoms with van der Waals surface area (Å²) < 4.78 is 34.6. The van der Waals surface area contributed by atoms with Crippen molar-refractivity contribution in [3.8, 4) is 11.5 Å². The van der Waals surface area contributed by atoms with Crippen molar-refractivity contribution in [3.63, 3.8) is 0 Å².